The summed E-state index contributed by atoms with van der Waals surface area (Å²) in [4.78, 5) is 6.76. The first-order valence-corrected chi connectivity index (χ1v) is 8.58. The zero-order valence-electron chi connectivity index (χ0n) is 11.0. The molecule has 0 bridgehead atoms. The van der Waals surface area contributed by atoms with Gasteiger partial charge in [-0.1, -0.05) is 0 Å². The number of sulfone groups is 1. The summed E-state index contributed by atoms with van der Waals surface area (Å²) in [5.41, 5.74) is 0. The summed E-state index contributed by atoms with van der Waals surface area (Å²) < 4.78 is 23.7. The summed E-state index contributed by atoms with van der Waals surface area (Å²) in [5, 5.41) is 3.52. The Hall–Kier alpha value is -1.14. The lowest BCUT2D eigenvalue weighted by Gasteiger charge is -2.24. The van der Waals surface area contributed by atoms with Crippen molar-refractivity contribution in [3.05, 3.63) is 18.3 Å². The fourth-order valence-corrected chi connectivity index (χ4v) is 3.97. The molecule has 6 heteroatoms. The number of hydrogen-bond acceptors (Lipinski definition) is 5. The molecule has 2 atom stereocenters. The number of hydrogen-bond donors (Lipinski definition) is 1. The van der Waals surface area contributed by atoms with Gasteiger partial charge in [0.1, 0.15) is 10.7 Å². The van der Waals surface area contributed by atoms with Crippen LogP contribution in [0.15, 0.2) is 23.2 Å². The van der Waals surface area contributed by atoms with Crippen molar-refractivity contribution in [3.8, 4) is 0 Å². The second-order valence-corrected chi connectivity index (χ2v) is 7.45. The molecule has 5 nitrogen and oxygen atoms in total. The Bertz CT molecular complexity index is 559. The number of piperidine rings is 1. The summed E-state index contributed by atoms with van der Waals surface area (Å²) in [6.07, 6.45) is 5.33. The van der Waals surface area contributed by atoms with Gasteiger partial charge in [0.25, 0.3) is 0 Å². The number of fused-ring (bicyclic) bond motifs is 1. The summed E-state index contributed by atoms with van der Waals surface area (Å²) in [7, 11) is -3.23. The third kappa shape index (κ3) is 2.47. The second-order valence-electron chi connectivity index (χ2n) is 5.47. The molecule has 0 saturated carbocycles. The monoisotopic (exact) mass is 281 g/mol. The minimum atomic E-state index is -3.23. The van der Waals surface area contributed by atoms with Crippen LogP contribution in [0.2, 0.25) is 0 Å². The van der Waals surface area contributed by atoms with E-state index in [0.717, 1.165) is 19.6 Å². The van der Waals surface area contributed by atoms with Gasteiger partial charge >= 0.3 is 0 Å². The number of nitrogens with one attached hydrogen (secondary N) is 1. The highest BCUT2D eigenvalue weighted by molar-refractivity contribution is 7.90. The van der Waals surface area contributed by atoms with Crippen molar-refractivity contribution in [2.45, 2.75) is 23.8 Å². The van der Waals surface area contributed by atoms with Gasteiger partial charge < -0.3 is 10.2 Å². The van der Waals surface area contributed by atoms with Crippen LogP contribution in [0.4, 0.5) is 5.82 Å². The molecule has 2 aliphatic rings. The van der Waals surface area contributed by atoms with Crippen LogP contribution in [0.3, 0.4) is 0 Å². The first-order valence-electron chi connectivity index (χ1n) is 6.69. The number of rotatable bonds is 2. The van der Waals surface area contributed by atoms with Crippen molar-refractivity contribution in [2.24, 2.45) is 5.92 Å². The average Bonchev–Trinajstić information content (AvgIpc) is 2.81. The van der Waals surface area contributed by atoms with E-state index in [1.165, 1.54) is 19.1 Å². The lowest BCUT2D eigenvalue weighted by Crippen LogP contribution is -2.40. The zero-order chi connectivity index (χ0) is 13.5. The molecule has 0 aliphatic carbocycles. The second kappa shape index (κ2) is 4.76. The molecule has 3 heterocycles. The molecule has 2 saturated heterocycles. The van der Waals surface area contributed by atoms with Crippen molar-refractivity contribution in [1.82, 2.24) is 10.3 Å². The minimum absolute atomic E-state index is 0.341. The first kappa shape index (κ1) is 12.9. The Morgan fingerprint density at radius 3 is 3.00 bits per heavy atom. The van der Waals surface area contributed by atoms with Gasteiger partial charge in [0.2, 0.25) is 0 Å². The quantitative estimate of drug-likeness (QED) is 0.863. The highest BCUT2D eigenvalue weighted by atomic mass is 32.2. The van der Waals surface area contributed by atoms with Crippen LogP contribution in [0.1, 0.15) is 12.8 Å². The van der Waals surface area contributed by atoms with Crippen molar-refractivity contribution in [1.29, 1.82) is 0 Å². The Labute approximate surface area is 113 Å². The van der Waals surface area contributed by atoms with Crippen LogP contribution in [0.25, 0.3) is 0 Å². The molecule has 1 N–H and O–H groups in total. The third-order valence-corrected chi connectivity index (χ3v) is 5.17. The van der Waals surface area contributed by atoms with Gasteiger partial charge in [0.05, 0.1) is 0 Å². The van der Waals surface area contributed by atoms with Crippen LogP contribution >= 0.6 is 0 Å². The van der Waals surface area contributed by atoms with E-state index in [-0.39, 0.29) is 0 Å². The Morgan fingerprint density at radius 1 is 1.42 bits per heavy atom. The molecule has 19 heavy (non-hydrogen) atoms. The van der Waals surface area contributed by atoms with Gasteiger partial charge in [-0.2, -0.15) is 0 Å². The van der Waals surface area contributed by atoms with Gasteiger partial charge in [0.15, 0.2) is 9.84 Å². The standard InChI is InChI=1S/C13H19N3O2S/c1-19(17,18)12-5-3-7-15-13(12)16-8-10-4-2-6-14-11(10)9-16/h3,5,7,10-11,14H,2,4,6,8-9H2,1H3. The predicted octanol–water partition coefficient (Wildman–Crippen LogP) is 0.673. The van der Waals surface area contributed by atoms with E-state index in [4.69, 9.17) is 0 Å². The molecule has 3 rings (SSSR count). The molecular formula is C13H19N3O2S. The third-order valence-electron chi connectivity index (χ3n) is 4.05. The summed E-state index contributed by atoms with van der Waals surface area (Å²) in [6.45, 7) is 2.82. The molecule has 2 unspecified atom stereocenters. The molecule has 0 radical (unpaired) electrons. The van der Waals surface area contributed by atoms with E-state index in [9.17, 15) is 8.42 Å². The Kier molecular flexibility index (Phi) is 3.22. The van der Waals surface area contributed by atoms with E-state index >= 15 is 0 Å². The molecule has 2 aliphatic heterocycles. The maximum absolute atomic E-state index is 11.8. The van der Waals surface area contributed by atoms with Crippen molar-refractivity contribution < 1.29 is 8.42 Å². The van der Waals surface area contributed by atoms with E-state index in [0.29, 0.717) is 22.7 Å². The molecular weight excluding hydrogens is 262 g/mol. The lowest BCUT2D eigenvalue weighted by molar-refractivity contribution is 0.340. The van der Waals surface area contributed by atoms with E-state index in [1.54, 1.807) is 18.3 Å². The van der Waals surface area contributed by atoms with E-state index in [2.05, 4.69) is 15.2 Å². The fraction of sp³-hybridized carbons (Fsp3) is 0.615. The van der Waals surface area contributed by atoms with Gasteiger partial charge in [-0.3, -0.25) is 0 Å². The molecule has 1 aromatic heterocycles. The van der Waals surface area contributed by atoms with Crippen LogP contribution in [-0.2, 0) is 9.84 Å². The fourth-order valence-electron chi connectivity index (χ4n) is 3.13. The van der Waals surface area contributed by atoms with Crippen LogP contribution in [0.5, 0.6) is 0 Å². The molecule has 2 fully saturated rings. The zero-order valence-corrected chi connectivity index (χ0v) is 11.9. The maximum atomic E-state index is 11.8. The first-order chi connectivity index (χ1) is 9.05. The molecule has 104 valence electrons. The van der Waals surface area contributed by atoms with Crippen LogP contribution < -0.4 is 10.2 Å². The summed E-state index contributed by atoms with van der Waals surface area (Å²) in [5.74, 6) is 1.23. The van der Waals surface area contributed by atoms with Crippen molar-refractivity contribution in [2.75, 3.05) is 30.8 Å². The Balaban J connectivity index is 1.91. The lowest BCUT2D eigenvalue weighted by atomic mass is 9.94. The minimum Gasteiger partial charge on any atom is -0.354 e. The largest absolute Gasteiger partial charge is 0.354 e. The molecule has 0 amide bonds. The number of anilines is 1. The normalized spacial score (nSPS) is 27.3. The van der Waals surface area contributed by atoms with E-state index in [1.807, 2.05) is 0 Å². The molecule has 1 aromatic rings. The highest BCUT2D eigenvalue weighted by Gasteiger charge is 2.36. The predicted molar refractivity (Wildman–Crippen MR) is 74.1 cm³/mol. The van der Waals surface area contributed by atoms with Gasteiger partial charge in [-0.15, -0.1) is 0 Å². The topological polar surface area (TPSA) is 62.3 Å². The Morgan fingerprint density at radius 2 is 2.26 bits per heavy atom. The van der Waals surface area contributed by atoms with Gasteiger partial charge in [-0.05, 0) is 37.4 Å². The highest BCUT2D eigenvalue weighted by Crippen LogP contribution is 2.31. The summed E-state index contributed by atoms with van der Waals surface area (Å²) in [6, 6.07) is 3.80. The van der Waals surface area contributed by atoms with Crippen molar-refractivity contribution in [3.63, 3.8) is 0 Å². The maximum Gasteiger partial charge on any atom is 0.179 e. The number of aromatic nitrogens is 1. The van der Waals surface area contributed by atoms with Crippen LogP contribution in [0, 0.1) is 5.92 Å². The molecule has 0 aromatic carbocycles. The van der Waals surface area contributed by atoms with Gasteiger partial charge in [0, 0.05) is 31.6 Å². The van der Waals surface area contributed by atoms with Gasteiger partial charge in [-0.25, -0.2) is 13.4 Å². The SMILES string of the molecule is CS(=O)(=O)c1cccnc1N1CC2CCCNC2C1. The summed E-state index contributed by atoms with van der Waals surface area (Å²) >= 11 is 0. The van der Waals surface area contributed by atoms with E-state index < -0.39 is 9.84 Å². The van der Waals surface area contributed by atoms with Crippen molar-refractivity contribution >= 4 is 15.7 Å². The average molecular weight is 281 g/mol. The number of nitrogens with zero attached hydrogens (tertiary/aromatic N) is 2. The van der Waals surface area contributed by atoms with Crippen LogP contribution in [-0.4, -0.2) is 45.3 Å². The molecule has 0 spiro atoms. The number of pyridine rings is 1. The smallest absolute Gasteiger partial charge is 0.179 e.